The maximum absolute atomic E-state index is 4.58. The van der Waals surface area contributed by atoms with Crippen LogP contribution in [0.1, 0.15) is 22.2 Å². The van der Waals surface area contributed by atoms with Gasteiger partial charge in [-0.15, -0.1) is 11.3 Å². The molecule has 0 saturated carbocycles. The molecular formula is C15H19N3S. The number of hydrogen-bond acceptors (Lipinski definition) is 4. The van der Waals surface area contributed by atoms with Crippen molar-refractivity contribution in [3.63, 3.8) is 0 Å². The topological polar surface area (TPSA) is 28.2 Å². The predicted molar refractivity (Wildman–Crippen MR) is 79.6 cm³/mol. The van der Waals surface area contributed by atoms with Crippen LogP contribution in [-0.4, -0.2) is 36.1 Å². The normalized spacial score (nSPS) is 18.4. The molecular weight excluding hydrogens is 254 g/mol. The summed E-state index contributed by atoms with van der Waals surface area (Å²) in [6.07, 6.45) is 1.89. The lowest BCUT2D eigenvalue weighted by Crippen LogP contribution is -2.45. The molecule has 0 radical (unpaired) electrons. The molecule has 100 valence electrons. The monoisotopic (exact) mass is 273 g/mol. The molecule has 2 aromatic heterocycles. The molecule has 2 aromatic rings. The van der Waals surface area contributed by atoms with Crippen LogP contribution in [0.15, 0.2) is 35.8 Å². The Hall–Kier alpha value is -1.23. The summed E-state index contributed by atoms with van der Waals surface area (Å²) in [5.74, 6) is 0. The summed E-state index contributed by atoms with van der Waals surface area (Å²) in [5, 5.41) is 5.65. The highest BCUT2D eigenvalue weighted by molar-refractivity contribution is 7.10. The average molecular weight is 273 g/mol. The average Bonchev–Trinajstić information content (AvgIpc) is 2.88. The Morgan fingerprint density at radius 2 is 2.16 bits per heavy atom. The first kappa shape index (κ1) is 12.8. The zero-order chi connectivity index (χ0) is 13.1. The third-order valence-corrected chi connectivity index (χ3v) is 4.61. The van der Waals surface area contributed by atoms with Crippen molar-refractivity contribution < 1.29 is 0 Å². The molecule has 3 nitrogen and oxygen atoms in total. The lowest BCUT2D eigenvalue weighted by Gasteiger charge is -2.34. The van der Waals surface area contributed by atoms with E-state index in [-0.39, 0.29) is 0 Å². The van der Waals surface area contributed by atoms with Crippen LogP contribution in [0.4, 0.5) is 0 Å². The molecule has 0 amide bonds. The van der Waals surface area contributed by atoms with Gasteiger partial charge < -0.3 is 5.32 Å². The predicted octanol–water partition coefficient (Wildman–Crippen LogP) is 2.45. The third-order valence-electron chi connectivity index (χ3n) is 3.50. The zero-order valence-corrected chi connectivity index (χ0v) is 12.0. The lowest BCUT2D eigenvalue weighted by atomic mass is 10.1. The van der Waals surface area contributed by atoms with Crippen molar-refractivity contribution in [1.82, 2.24) is 15.2 Å². The Bertz CT molecular complexity index is 517. The molecule has 1 fully saturated rings. The van der Waals surface area contributed by atoms with Gasteiger partial charge in [0, 0.05) is 37.3 Å². The summed E-state index contributed by atoms with van der Waals surface area (Å²) in [7, 11) is 0. The minimum absolute atomic E-state index is 0.307. The Morgan fingerprint density at radius 1 is 1.32 bits per heavy atom. The Balaban J connectivity index is 1.95. The van der Waals surface area contributed by atoms with Crippen molar-refractivity contribution in [2.24, 2.45) is 0 Å². The van der Waals surface area contributed by atoms with Gasteiger partial charge in [-0.1, -0.05) is 6.07 Å². The molecule has 1 saturated heterocycles. The lowest BCUT2D eigenvalue weighted by molar-refractivity contribution is 0.198. The van der Waals surface area contributed by atoms with Crippen LogP contribution in [0.25, 0.3) is 0 Å². The number of aromatic nitrogens is 1. The minimum atomic E-state index is 0.307. The summed E-state index contributed by atoms with van der Waals surface area (Å²) in [6.45, 7) is 6.45. The van der Waals surface area contributed by atoms with Crippen molar-refractivity contribution in [3.05, 3.63) is 52.0 Å². The number of hydrogen-bond donors (Lipinski definition) is 1. The number of nitrogens with one attached hydrogen (secondary N) is 1. The van der Waals surface area contributed by atoms with Crippen LogP contribution < -0.4 is 5.32 Å². The standard InChI is InChI=1S/C15H19N3S/c1-12-10-14(19-11-12)15(13-4-2-3-5-17-13)18-8-6-16-7-9-18/h2-5,10-11,15-16H,6-9H2,1H3. The molecule has 0 aliphatic carbocycles. The van der Waals surface area contributed by atoms with Crippen LogP contribution in [-0.2, 0) is 0 Å². The second-order valence-electron chi connectivity index (χ2n) is 4.97. The number of piperazine rings is 1. The second-order valence-corrected chi connectivity index (χ2v) is 5.91. The Morgan fingerprint density at radius 3 is 2.79 bits per heavy atom. The Kier molecular flexibility index (Phi) is 3.92. The van der Waals surface area contributed by atoms with E-state index in [4.69, 9.17) is 0 Å². The quantitative estimate of drug-likeness (QED) is 0.931. The summed E-state index contributed by atoms with van der Waals surface area (Å²) >= 11 is 1.84. The van der Waals surface area contributed by atoms with Crippen molar-refractivity contribution >= 4 is 11.3 Å². The van der Waals surface area contributed by atoms with Gasteiger partial charge in [0.2, 0.25) is 0 Å². The van der Waals surface area contributed by atoms with Crippen molar-refractivity contribution in [3.8, 4) is 0 Å². The number of aryl methyl sites for hydroxylation is 1. The molecule has 1 unspecified atom stereocenters. The molecule has 19 heavy (non-hydrogen) atoms. The molecule has 1 aliphatic heterocycles. The molecule has 3 rings (SSSR count). The van der Waals surface area contributed by atoms with Gasteiger partial charge in [0.05, 0.1) is 11.7 Å². The zero-order valence-electron chi connectivity index (χ0n) is 11.2. The highest BCUT2D eigenvalue weighted by Crippen LogP contribution is 2.31. The van der Waals surface area contributed by atoms with Gasteiger partial charge in [-0.25, -0.2) is 0 Å². The number of thiophene rings is 1. The second kappa shape index (κ2) is 5.82. The number of rotatable bonds is 3. The van der Waals surface area contributed by atoms with Gasteiger partial charge in [0.15, 0.2) is 0 Å². The molecule has 1 atom stereocenters. The fourth-order valence-corrected chi connectivity index (χ4v) is 3.63. The van der Waals surface area contributed by atoms with E-state index in [0.29, 0.717) is 6.04 Å². The molecule has 0 spiro atoms. The molecule has 0 aromatic carbocycles. The first-order valence-corrected chi connectivity index (χ1v) is 7.63. The van der Waals surface area contributed by atoms with E-state index in [1.807, 2.05) is 23.6 Å². The van der Waals surface area contributed by atoms with Gasteiger partial charge >= 0.3 is 0 Å². The molecule has 0 bridgehead atoms. The highest BCUT2D eigenvalue weighted by Gasteiger charge is 2.25. The minimum Gasteiger partial charge on any atom is -0.314 e. The van der Waals surface area contributed by atoms with Crippen LogP contribution in [0.3, 0.4) is 0 Å². The first-order valence-electron chi connectivity index (χ1n) is 6.75. The van der Waals surface area contributed by atoms with Gasteiger partial charge in [0.25, 0.3) is 0 Å². The van der Waals surface area contributed by atoms with E-state index >= 15 is 0 Å². The summed E-state index contributed by atoms with van der Waals surface area (Å²) < 4.78 is 0. The van der Waals surface area contributed by atoms with Crippen LogP contribution in [0, 0.1) is 6.92 Å². The molecule has 1 N–H and O–H groups in total. The third kappa shape index (κ3) is 2.86. The van der Waals surface area contributed by atoms with E-state index < -0.39 is 0 Å². The maximum Gasteiger partial charge on any atom is 0.0870 e. The number of pyridine rings is 1. The van der Waals surface area contributed by atoms with Gasteiger partial charge in [0.1, 0.15) is 0 Å². The summed E-state index contributed by atoms with van der Waals surface area (Å²) in [6, 6.07) is 8.81. The molecule has 3 heterocycles. The van der Waals surface area contributed by atoms with E-state index in [9.17, 15) is 0 Å². The SMILES string of the molecule is Cc1csc(C(c2ccccn2)N2CCNCC2)c1. The first-order chi connectivity index (χ1) is 9.34. The van der Waals surface area contributed by atoms with Crippen molar-refractivity contribution in [2.75, 3.05) is 26.2 Å². The van der Waals surface area contributed by atoms with Crippen LogP contribution >= 0.6 is 11.3 Å². The highest BCUT2D eigenvalue weighted by atomic mass is 32.1. The van der Waals surface area contributed by atoms with Crippen LogP contribution in [0.5, 0.6) is 0 Å². The van der Waals surface area contributed by atoms with E-state index in [1.165, 1.54) is 10.4 Å². The maximum atomic E-state index is 4.58. The van der Waals surface area contributed by atoms with E-state index in [0.717, 1.165) is 31.9 Å². The van der Waals surface area contributed by atoms with Crippen molar-refractivity contribution in [2.45, 2.75) is 13.0 Å². The molecule has 1 aliphatic rings. The van der Waals surface area contributed by atoms with Gasteiger partial charge in [-0.2, -0.15) is 0 Å². The smallest absolute Gasteiger partial charge is 0.0870 e. The summed E-state index contributed by atoms with van der Waals surface area (Å²) in [4.78, 5) is 8.52. The van der Waals surface area contributed by atoms with Gasteiger partial charge in [-0.05, 0) is 36.1 Å². The fourth-order valence-electron chi connectivity index (χ4n) is 2.59. The van der Waals surface area contributed by atoms with Gasteiger partial charge in [-0.3, -0.25) is 9.88 Å². The van der Waals surface area contributed by atoms with Crippen LogP contribution in [0.2, 0.25) is 0 Å². The Labute approximate surface area is 118 Å². The van der Waals surface area contributed by atoms with E-state index in [1.54, 1.807) is 0 Å². The van der Waals surface area contributed by atoms with E-state index in [2.05, 4.69) is 45.7 Å². The largest absolute Gasteiger partial charge is 0.314 e. The summed E-state index contributed by atoms with van der Waals surface area (Å²) in [5.41, 5.74) is 2.50. The fraction of sp³-hybridized carbons (Fsp3) is 0.400. The molecule has 4 heteroatoms. The van der Waals surface area contributed by atoms with Crippen molar-refractivity contribution in [1.29, 1.82) is 0 Å². The number of nitrogens with zero attached hydrogens (tertiary/aromatic N) is 2.